The number of aliphatic hydroxyl groups is 1. The molecule has 1 aliphatic rings. The van der Waals surface area contributed by atoms with Crippen LogP contribution in [0.4, 0.5) is 5.69 Å². The van der Waals surface area contributed by atoms with Crippen molar-refractivity contribution in [1.82, 2.24) is 4.31 Å². The van der Waals surface area contributed by atoms with Gasteiger partial charge in [-0.25, -0.2) is 8.42 Å². The fraction of sp³-hybridized carbons (Fsp3) is 0.500. The summed E-state index contributed by atoms with van der Waals surface area (Å²) >= 11 is 0. The molecular formula is C12H19N3O3S. The molecule has 0 aliphatic carbocycles. The standard InChI is InChI=1S/C12H19N3O3S/c1-12(16)7-4-8-15(9-12)19(17,18)11-6-3-2-5-10(11)14-13/h2-3,5-6,14,16H,4,7-9,13H2,1H3. The van der Waals surface area contributed by atoms with Crippen LogP contribution in [0.5, 0.6) is 0 Å². The summed E-state index contributed by atoms with van der Waals surface area (Å²) < 4.78 is 26.5. The molecule has 6 nitrogen and oxygen atoms in total. The molecule has 2 rings (SSSR count). The summed E-state index contributed by atoms with van der Waals surface area (Å²) in [5.41, 5.74) is 1.77. The van der Waals surface area contributed by atoms with Crippen molar-refractivity contribution in [3.8, 4) is 0 Å². The van der Waals surface area contributed by atoms with Crippen LogP contribution < -0.4 is 11.3 Å². The van der Waals surface area contributed by atoms with Gasteiger partial charge in [0.15, 0.2) is 0 Å². The maximum atomic E-state index is 12.6. The number of benzene rings is 1. The predicted octanol–water partition coefficient (Wildman–Crippen LogP) is 0.508. The van der Waals surface area contributed by atoms with Gasteiger partial charge in [0, 0.05) is 13.1 Å². The highest BCUT2D eigenvalue weighted by Gasteiger charge is 2.36. The summed E-state index contributed by atoms with van der Waals surface area (Å²) in [6.45, 7) is 2.17. The molecule has 4 N–H and O–H groups in total. The van der Waals surface area contributed by atoms with Crippen molar-refractivity contribution in [3.05, 3.63) is 24.3 Å². The number of hydrazine groups is 1. The monoisotopic (exact) mass is 285 g/mol. The SMILES string of the molecule is CC1(O)CCCN(S(=O)(=O)c2ccccc2NN)C1. The first-order valence-corrected chi connectivity index (χ1v) is 7.59. The third-order valence-corrected chi connectivity index (χ3v) is 5.20. The average molecular weight is 285 g/mol. The lowest BCUT2D eigenvalue weighted by molar-refractivity contribution is 0.00941. The second kappa shape index (κ2) is 5.09. The van der Waals surface area contributed by atoms with Crippen molar-refractivity contribution in [1.29, 1.82) is 0 Å². The molecule has 1 aliphatic heterocycles. The Morgan fingerprint density at radius 1 is 1.42 bits per heavy atom. The molecule has 0 amide bonds. The smallest absolute Gasteiger partial charge is 0.245 e. The minimum Gasteiger partial charge on any atom is -0.389 e. The van der Waals surface area contributed by atoms with Crippen LogP contribution in [-0.2, 0) is 10.0 Å². The molecule has 0 radical (unpaired) electrons. The Kier molecular flexibility index (Phi) is 3.82. The lowest BCUT2D eigenvalue weighted by Gasteiger charge is -2.36. The minimum absolute atomic E-state index is 0.105. The Morgan fingerprint density at radius 3 is 2.74 bits per heavy atom. The summed E-state index contributed by atoms with van der Waals surface area (Å²) in [4.78, 5) is 0.134. The Balaban J connectivity index is 2.37. The molecule has 0 spiro atoms. The quantitative estimate of drug-likeness (QED) is 0.555. The van der Waals surface area contributed by atoms with Crippen molar-refractivity contribution < 1.29 is 13.5 Å². The van der Waals surface area contributed by atoms with E-state index in [9.17, 15) is 13.5 Å². The molecule has 0 saturated carbocycles. The van der Waals surface area contributed by atoms with Crippen LogP contribution in [0.1, 0.15) is 19.8 Å². The highest BCUT2D eigenvalue weighted by molar-refractivity contribution is 7.89. The molecular weight excluding hydrogens is 266 g/mol. The molecule has 7 heteroatoms. The van der Waals surface area contributed by atoms with Gasteiger partial charge < -0.3 is 10.5 Å². The summed E-state index contributed by atoms with van der Waals surface area (Å²) in [7, 11) is -3.64. The second-order valence-corrected chi connectivity index (χ2v) is 6.99. The molecule has 1 heterocycles. The molecule has 0 aromatic heterocycles. The van der Waals surface area contributed by atoms with Crippen LogP contribution in [0.15, 0.2) is 29.2 Å². The third kappa shape index (κ3) is 2.89. The molecule has 1 atom stereocenters. The van der Waals surface area contributed by atoms with Crippen molar-refractivity contribution in [2.45, 2.75) is 30.3 Å². The number of nitrogens with one attached hydrogen (secondary N) is 1. The van der Waals surface area contributed by atoms with Crippen LogP contribution in [0.3, 0.4) is 0 Å². The van der Waals surface area contributed by atoms with E-state index in [0.29, 0.717) is 25.1 Å². The topological polar surface area (TPSA) is 95.7 Å². The summed E-state index contributed by atoms with van der Waals surface area (Å²) in [6.07, 6.45) is 1.25. The molecule has 1 aromatic rings. The van der Waals surface area contributed by atoms with Crippen molar-refractivity contribution in [2.24, 2.45) is 5.84 Å². The van der Waals surface area contributed by atoms with Crippen molar-refractivity contribution >= 4 is 15.7 Å². The third-order valence-electron chi connectivity index (χ3n) is 3.30. The van der Waals surface area contributed by atoms with Gasteiger partial charge in [-0.05, 0) is 31.9 Å². The van der Waals surface area contributed by atoms with Gasteiger partial charge in [-0.1, -0.05) is 12.1 Å². The second-order valence-electron chi connectivity index (χ2n) is 5.08. The van der Waals surface area contributed by atoms with E-state index in [0.717, 1.165) is 0 Å². The van der Waals surface area contributed by atoms with Gasteiger partial charge in [-0.2, -0.15) is 4.31 Å². The van der Waals surface area contributed by atoms with Crippen LogP contribution in [-0.4, -0.2) is 36.5 Å². The van der Waals surface area contributed by atoms with Gasteiger partial charge in [-0.3, -0.25) is 5.84 Å². The largest absolute Gasteiger partial charge is 0.389 e. The first-order chi connectivity index (χ1) is 8.87. The zero-order valence-corrected chi connectivity index (χ0v) is 11.7. The molecule has 1 saturated heterocycles. The Hall–Kier alpha value is -1.15. The number of anilines is 1. The number of sulfonamides is 1. The number of para-hydroxylation sites is 1. The van der Waals surface area contributed by atoms with Gasteiger partial charge in [0.25, 0.3) is 0 Å². The minimum atomic E-state index is -3.64. The van der Waals surface area contributed by atoms with Gasteiger partial charge in [-0.15, -0.1) is 0 Å². The lowest BCUT2D eigenvalue weighted by Crippen LogP contribution is -2.48. The fourth-order valence-corrected chi connectivity index (χ4v) is 4.08. The first-order valence-electron chi connectivity index (χ1n) is 6.15. The summed E-state index contributed by atoms with van der Waals surface area (Å²) in [5, 5.41) is 10.0. The van der Waals surface area contributed by atoms with Gasteiger partial charge in [0.2, 0.25) is 10.0 Å². The van der Waals surface area contributed by atoms with Crippen LogP contribution in [0, 0.1) is 0 Å². The summed E-state index contributed by atoms with van der Waals surface area (Å²) in [6, 6.07) is 6.47. The molecule has 1 aromatic carbocycles. The van der Waals surface area contributed by atoms with Crippen LogP contribution in [0.2, 0.25) is 0 Å². The van der Waals surface area contributed by atoms with E-state index < -0.39 is 15.6 Å². The zero-order chi connectivity index (χ0) is 14.1. The predicted molar refractivity (Wildman–Crippen MR) is 72.9 cm³/mol. The summed E-state index contributed by atoms with van der Waals surface area (Å²) in [5.74, 6) is 5.35. The van der Waals surface area contributed by atoms with Gasteiger partial charge in [0.05, 0.1) is 11.3 Å². The molecule has 19 heavy (non-hydrogen) atoms. The fourth-order valence-electron chi connectivity index (χ4n) is 2.33. The van der Waals surface area contributed by atoms with E-state index in [-0.39, 0.29) is 11.4 Å². The number of piperidine rings is 1. The number of rotatable bonds is 3. The normalized spacial score (nSPS) is 25.2. The highest BCUT2D eigenvalue weighted by atomic mass is 32.2. The van der Waals surface area contributed by atoms with Crippen molar-refractivity contribution in [2.75, 3.05) is 18.5 Å². The number of nitrogen functional groups attached to an aromatic ring is 1. The number of hydrogen-bond acceptors (Lipinski definition) is 5. The number of β-amino-alcohol motifs (C(OH)–C–C–N with tert-alkyl or cyclic N) is 1. The lowest BCUT2D eigenvalue weighted by atomic mass is 9.97. The number of hydrogen-bond donors (Lipinski definition) is 3. The Morgan fingerprint density at radius 2 is 2.11 bits per heavy atom. The van der Waals surface area contributed by atoms with Crippen molar-refractivity contribution in [3.63, 3.8) is 0 Å². The Labute approximate surface area is 113 Å². The van der Waals surface area contributed by atoms with Gasteiger partial charge in [0.1, 0.15) is 4.90 Å². The van der Waals surface area contributed by atoms with E-state index in [1.165, 1.54) is 10.4 Å². The number of nitrogens with zero attached hydrogens (tertiary/aromatic N) is 1. The maximum Gasteiger partial charge on any atom is 0.245 e. The van der Waals surface area contributed by atoms with Crippen LogP contribution >= 0.6 is 0 Å². The van der Waals surface area contributed by atoms with Gasteiger partial charge >= 0.3 is 0 Å². The zero-order valence-electron chi connectivity index (χ0n) is 10.8. The highest BCUT2D eigenvalue weighted by Crippen LogP contribution is 2.29. The molecule has 0 bridgehead atoms. The number of nitrogens with two attached hydrogens (primary N) is 1. The van der Waals surface area contributed by atoms with E-state index in [1.54, 1.807) is 25.1 Å². The molecule has 106 valence electrons. The molecule has 1 fully saturated rings. The van der Waals surface area contributed by atoms with E-state index in [1.807, 2.05) is 0 Å². The van der Waals surface area contributed by atoms with E-state index >= 15 is 0 Å². The average Bonchev–Trinajstić information content (AvgIpc) is 2.37. The van der Waals surface area contributed by atoms with E-state index in [4.69, 9.17) is 5.84 Å². The van der Waals surface area contributed by atoms with E-state index in [2.05, 4.69) is 5.43 Å². The Bertz CT molecular complexity index is 557. The molecule has 1 unspecified atom stereocenters. The van der Waals surface area contributed by atoms with Crippen LogP contribution in [0.25, 0.3) is 0 Å². The first kappa shape index (κ1) is 14.3. The maximum absolute atomic E-state index is 12.6.